The number of rotatable bonds is 10. The van der Waals surface area contributed by atoms with Gasteiger partial charge in [-0.2, -0.15) is 11.8 Å². The highest BCUT2D eigenvalue weighted by Crippen LogP contribution is 2.39. The standard InChI is InChI=1S/C14H30N2O2S/c1-4-17-9-7-16(8-10-18-5-2)14(12-15)6-11-19-13(14)3/h13H,4-12,15H2,1-3H3. The Morgan fingerprint density at radius 1 is 1.21 bits per heavy atom. The molecular weight excluding hydrogens is 260 g/mol. The van der Waals surface area contributed by atoms with E-state index in [4.69, 9.17) is 15.2 Å². The number of nitrogens with two attached hydrogens (primary N) is 1. The fourth-order valence-electron chi connectivity index (χ4n) is 2.78. The van der Waals surface area contributed by atoms with Crippen LogP contribution in [0.1, 0.15) is 27.2 Å². The lowest BCUT2D eigenvalue weighted by atomic mass is 9.90. The smallest absolute Gasteiger partial charge is 0.0593 e. The van der Waals surface area contributed by atoms with E-state index in [0.717, 1.165) is 46.1 Å². The van der Waals surface area contributed by atoms with Crippen LogP contribution >= 0.6 is 11.8 Å². The molecular formula is C14H30N2O2S. The van der Waals surface area contributed by atoms with Gasteiger partial charge in [-0.25, -0.2) is 0 Å². The number of hydrogen-bond donors (Lipinski definition) is 1. The first-order valence-electron chi connectivity index (χ1n) is 7.43. The van der Waals surface area contributed by atoms with Crippen LogP contribution in [-0.4, -0.2) is 67.5 Å². The Labute approximate surface area is 122 Å². The van der Waals surface area contributed by atoms with E-state index < -0.39 is 0 Å². The molecule has 0 amide bonds. The largest absolute Gasteiger partial charge is 0.380 e. The van der Waals surface area contributed by atoms with E-state index in [9.17, 15) is 0 Å². The minimum Gasteiger partial charge on any atom is -0.380 e. The summed E-state index contributed by atoms with van der Waals surface area (Å²) in [6, 6.07) is 0. The molecule has 1 aliphatic rings. The molecule has 0 bridgehead atoms. The fourth-order valence-corrected chi connectivity index (χ4v) is 4.28. The van der Waals surface area contributed by atoms with Crippen molar-refractivity contribution in [2.45, 2.75) is 38.0 Å². The van der Waals surface area contributed by atoms with E-state index in [1.165, 1.54) is 12.2 Å². The molecule has 0 aromatic heterocycles. The van der Waals surface area contributed by atoms with Gasteiger partial charge in [-0.05, 0) is 26.0 Å². The predicted molar refractivity (Wildman–Crippen MR) is 82.9 cm³/mol. The fraction of sp³-hybridized carbons (Fsp3) is 1.00. The molecule has 1 rings (SSSR count). The zero-order valence-corrected chi connectivity index (χ0v) is 13.5. The van der Waals surface area contributed by atoms with E-state index in [0.29, 0.717) is 5.25 Å². The maximum atomic E-state index is 6.13. The van der Waals surface area contributed by atoms with Crippen LogP contribution in [-0.2, 0) is 9.47 Å². The van der Waals surface area contributed by atoms with Gasteiger partial charge in [0, 0.05) is 43.6 Å². The Morgan fingerprint density at radius 2 is 1.79 bits per heavy atom. The van der Waals surface area contributed by atoms with Crippen molar-refractivity contribution < 1.29 is 9.47 Å². The third-order valence-electron chi connectivity index (χ3n) is 4.06. The molecule has 0 aliphatic carbocycles. The maximum Gasteiger partial charge on any atom is 0.0593 e. The van der Waals surface area contributed by atoms with Crippen molar-refractivity contribution in [1.29, 1.82) is 0 Å². The SMILES string of the molecule is CCOCCN(CCOCC)C1(CN)CCSC1C. The second-order valence-electron chi connectivity index (χ2n) is 4.95. The number of nitrogens with zero attached hydrogens (tertiary/aromatic N) is 1. The Hall–Kier alpha value is 0.190. The molecule has 1 fully saturated rings. The van der Waals surface area contributed by atoms with Gasteiger partial charge in [0.25, 0.3) is 0 Å². The molecule has 1 aliphatic heterocycles. The van der Waals surface area contributed by atoms with Gasteiger partial charge >= 0.3 is 0 Å². The van der Waals surface area contributed by atoms with Gasteiger partial charge < -0.3 is 15.2 Å². The highest BCUT2D eigenvalue weighted by Gasteiger charge is 2.44. The van der Waals surface area contributed by atoms with Crippen LogP contribution in [0.5, 0.6) is 0 Å². The lowest BCUT2D eigenvalue weighted by Gasteiger charge is -2.43. The summed E-state index contributed by atoms with van der Waals surface area (Å²) >= 11 is 2.03. The zero-order chi connectivity index (χ0) is 14.1. The summed E-state index contributed by atoms with van der Waals surface area (Å²) in [7, 11) is 0. The second-order valence-corrected chi connectivity index (χ2v) is 6.40. The van der Waals surface area contributed by atoms with Gasteiger partial charge in [-0.15, -0.1) is 0 Å². The van der Waals surface area contributed by atoms with Crippen LogP contribution in [0.4, 0.5) is 0 Å². The van der Waals surface area contributed by atoms with Crippen LogP contribution in [0.3, 0.4) is 0 Å². The molecule has 4 nitrogen and oxygen atoms in total. The number of thioether (sulfide) groups is 1. The average Bonchev–Trinajstić information content (AvgIpc) is 2.79. The number of hydrogen-bond acceptors (Lipinski definition) is 5. The molecule has 19 heavy (non-hydrogen) atoms. The molecule has 2 unspecified atom stereocenters. The molecule has 0 aromatic carbocycles. The Kier molecular flexibility index (Phi) is 8.34. The first kappa shape index (κ1) is 17.2. The molecule has 0 radical (unpaired) electrons. The molecule has 1 heterocycles. The van der Waals surface area contributed by atoms with Crippen LogP contribution in [0, 0.1) is 0 Å². The summed E-state index contributed by atoms with van der Waals surface area (Å²) in [6.45, 7) is 12.1. The van der Waals surface area contributed by atoms with Gasteiger partial charge in [0.05, 0.1) is 13.2 Å². The third-order valence-corrected chi connectivity index (χ3v) is 5.44. The van der Waals surface area contributed by atoms with Crippen LogP contribution in [0.15, 0.2) is 0 Å². The van der Waals surface area contributed by atoms with Crippen molar-refractivity contribution in [2.75, 3.05) is 51.8 Å². The van der Waals surface area contributed by atoms with Gasteiger partial charge in [0.1, 0.15) is 0 Å². The van der Waals surface area contributed by atoms with E-state index in [1.54, 1.807) is 0 Å². The Bertz CT molecular complexity index is 233. The summed E-state index contributed by atoms with van der Waals surface area (Å²) in [5.74, 6) is 1.21. The van der Waals surface area contributed by atoms with E-state index >= 15 is 0 Å². The van der Waals surface area contributed by atoms with Gasteiger partial charge in [-0.3, -0.25) is 4.90 Å². The molecule has 114 valence electrons. The summed E-state index contributed by atoms with van der Waals surface area (Å²) in [4.78, 5) is 2.50. The minimum atomic E-state index is 0.124. The van der Waals surface area contributed by atoms with Crippen molar-refractivity contribution in [1.82, 2.24) is 4.90 Å². The lowest BCUT2D eigenvalue weighted by molar-refractivity contribution is 0.0244. The van der Waals surface area contributed by atoms with Crippen molar-refractivity contribution in [2.24, 2.45) is 5.73 Å². The molecule has 2 atom stereocenters. The average molecular weight is 290 g/mol. The summed E-state index contributed by atoms with van der Waals surface area (Å²) in [5.41, 5.74) is 6.26. The van der Waals surface area contributed by atoms with Crippen molar-refractivity contribution in [3.8, 4) is 0 Å². The first-order chi connectivity index (χ1) is 9.21. The quantitative estimate of drug-likeness (QED) is 0.619. The van der Waals surface area contributed by atoms with Gasteiger partial charge in [0.15, 0.2) is 0 Å². The van der Waals surface area contributed by atoms with Gasteiger partial charge in [-0.1, -0.05) is 6.92 Å². The summed E-state index contributed by atoms with van der Waals surface area (Å²) in [5, 5.41) is 0.584. The van der Waals surface area contributed by atoms with Crippen molar-refractivity contribution in [3.05, 3.63) is 0 Å². The zero-order valence-electron chi connectivity index (χ0n) is 12.7. The third kappa shape index (κ3) is 4.60. The van der Waals surface area contributed by atoms with Crippen LogP contribution in [0.25, 0.3) is 0 Å². The molecule has 0 spiro atoms. The predicted octanol–water partition coefficient (Wildman–Crippen LogP) is 1.58. The lowest BCUT2D eigenvalue weighted by Crippen LogP contribution is -2.59. The van der Waals surface area contributed by atoms with E-state index in [1.807, 2.05) is 25.6 Å². The molecule has 0 aromatic rings. The van der Waals surface area contributed by atoms with Gasteiger partial charge in [0.2, 0.25) is 0 Å². The van der Waals surface area contributed by atoms with E-state index in [-0.39, 0.29) is 5.54 Å². The highest BCUT2D eigenvalue weighted by atomic mass is 32.2. The van der Waals surface area contributed by atoms with Crippen LogP contribution < -0.4 is 5.73 Å². The summed E-state index contributed by atoms with van der Waals surface area (Å²) < 4.78 is 11.0. The second kappa shape index (κ2) is 9.19. The van der Waals surface area contributed by atoms with Crippen molar-refractivity contribution in [3.63, 3.8) is 0 Å². The van der Waals surface area contributed by atoms with E-state index in [2.05, 4.69) is 11.8 Å². The molecule has 2 N–H and O–H groups in total. The normalized spacial score (nSPS) is 27.3. The first-order valence-corrected chi connectivity index (χ1v) is 8.48. The summed E-state index contributed by atoms with van der Waals surface area (Å²) in [6.07, 6.45) is 1.17. The minimum absolute atomic E-state index is 0.124. The van der Waals surface area contributed by atoms with Crippen LogP contribution in [0.2, 0.25) is 0 Å². The maximum absolute atomic E-state index is 6.13. The highest BCUT2D eigenvalue weighted by molar-refractivity contribution is 8.00. The number of ether oxygens (including phenoxy) is 2. The molecule has 1 saturated heterocycles. The molecule has 0 saturated carbocycles. The monoisotopic (exact) mass is 290 g/mol. The molecule has 5 heteroatoms. The Balaban J connectivity index is 2.62. The van der Waals surface area contributed by atoms with Crippen molar-refractivity contribution >= 4 is 11.8 Å². The Morgan fingerprint density at radius 3 is 2.16 bits per heavy atom. The topological polar surface area (TPSA) is 47.7 Å².